The molecule has 0 spiro atoms. The Balaban J connectivity index is 2.69. The second kappa shape index (κ2) is 7.78. The third-order valence-electron chi connectivity index (χ3n) is 3.20. The number of carbonyl (C=O) groups is 1. The van der Waals surface area contributed by atoms with Gasteiger partial charge >= 0.3 is 5.97 Å². The fourth-order valence-corrected chi connectivity index (χ4v) is 3.06. The minimum absolute atomic E-state index is 0.205. The van der Waals surface area contributed by atoms with Crippen molar-refractivity contribution in [2.45, 2.75) is 52.6 Å². The molecule has 0 aliphatic carbocycles. The van der Waals surface area contributed by atoms with Crippen LogP contribution in [0, 0.1) is 11.8 Å². The van der Waals surface area contributed by atoms with Gasteiger partial charge < -0.3 is 10.1 Å². The second-order valence-corrected chi connectivity index (χ2v) is 6.82. The summed E-state index contributed by atoms with van der Waals surface area (Å²) in [4.78, 5) is 16.5. The quantitative estimate of drug-likeness (QED) is 0.790. The molecule has 0 saturated carbocycles. The number of hydrogen-bond donors (Lipinski definition) is 1. The van der Waals surface area contributed by atoms with Gasteiger partial charge in [0.2, 0.25) is 0 Å². The average molecular weight is 286 g/mol. The molecule has 1 N–H and O–H groups in total. The van der Waals surface area contributed by atoms with Crippen LogP contribution in [0.2, 0.25) is 0 Å². The van der Waals surface area contributed by atoms with Gasteiger partial charge in [-0.2, -0.15) is 0 Å². The molecule has 1 heterocycles. The third kappa shape index (κ3) is 5.43. The molecule has 0 radical (unpaired) electrons. The van der Waals surface area contributed by atoms with E-state index in [2.05, 4.69) is 33.0 Å². The Morgan fingerprint density at radius 2 is 2.16 bits per heavy atom. The van der Waals surface area contributed by atoms with E-state index in [4.69, 9.17) is 9.73 Å². The molecule has 0 fully saturated rings. The van der Waals surface area contributed by atoms with Crippen molar-refractivity contribution in [3.05, 3.63) is 0 Å². The highest BCUT2D eigenvalue weighted by Gasteiger charge is 2.25. The Kier molecular flexibility index (Phi) is 6.69. The third-order valence-corrected chi connectivity index (χ3v) is 4.13. The molecule has 0 bridgehead atoms. The minimum atomic E-state index is -0.290. The maximum absolute atomic E-state index is 11.8. The lowest BCUT2D eigenvalue weighted by Crippen LogP contribution is -2.43. The number of nitrogens with one attached hydrogen (secondary N) is 1. The van der Waals surface area contributed by atoms with Crippen LogP contribution >= 0.6 is 11.8 Å². The summed E-state index contributed by atoms with van der Waals surface area (Å²) in [5.74, 6) is 1.83. The van der Waals surface area contributed by atoms with Crippen LogP contribution in [-0.4, -0.2) is 36.1 Å². The van der Waals surface area contributed by atoms with Crippen LogP contribution in [0.4, 0.5) is 0 Å². The maximum atomic E-state index is 11.8. The lowest BCUT2D eigenvalue weighted by atomic mass is 10.0. The molecule has 0 amide bonds. The second-order valence-electron chi connectivity index (χ2n) is 5.73. The number of amidine groups is 1. The Morgan fingerprint density at radius 1 is 1.47 bits per heavy atom. The number of rotatable bonds is 5. The van der Waals surface area contributed by atoms with Gasteiger partial charge in [0.1, 0.15) is 6.04 Å². The maximum Gasteiger partial charge on any atom is 0.328 e. The number of carbonyl (C=O) groups excluding carboxylic acids is 1. The average Bonchev–Trinajstić information content (AvgIpc) is 2.36. The lowest BCUT2D eigenvalue weighted by molar-refractivity contribution is -0.143. The van der Waals surface area contributed by atoms with Gasteiger partial charge in [0.15, 0.2) is 5.17 Å². The normalized spacial score (nSPS) is 21.2. The molecule has 2 atom stereocenters. The number of ether oxygens (including phenoxy) is 1. The highest BCUT2D eigenvalue weighted by atomic mass is 32.2. The molecule has 110 valence electrons. The number of aliphatic imine (C=N–C) groups is 1. The van der Waals surface area contributed by atoms with E-state index in [1.54, 1.807) is 11.8 Å². The van der Waals surface area contributed by atoms with Gasteiger partial charge in [-0.1, -0.05) is 39.5 Å². The summed E-state index contributed by atoms with van der Waals surface area (Å²) in [5.41, 5.74) is 0. The van der Waals surface area contributed by atoms with Gasteiger partial charge in [0.25, 0.3) is 0 Å². The van der Waals surface area contributed by atoms with E-state index < -0.39 is 0 Å². The molecule has 1 aliphatic heterocycles. The first-order valence-electron chi connectivity index (χ1n) is 6.99. The number of hydrogen-bond acceptors (Lipinski definition) is 5. The highest BCUT2D eigenvalue weighted by Crippen LogP contribution is 2.22. The van der Waals surface area contributed by atoms with Crippen molar-refractivity contribution >= 4 is 22.9 Å². The molecule has 1 aliphatic rings. The summed E-state index contributed by atoms with van der Waals surface area (Å²) < 4.78 is 4.86. The summed E-state index contributed by atoms with van der Waals surface area (Å²) in [6.45, 7) is 8.58. The zero-order valence-corrected chi connectivity index (χ0v) is 13.4. The predicted molar refractivity (Wildman–Crippen MR) is 81.5 cm³/mol. The molecule has 0 aromatic heterocycles. The van der Waals surface area contributed by atoms with Crippen molar-refractivity contribution in [3.63, 3.8) is 0 Å². The van der Waals surface area contributed by atoms with Crippen molar-refractivity contribution in [1.82, 2.24) is 5.32 Å². The highest BCUT2D eigenvalue weighted by molar-refractivity contribution is 8.13. The van der Waals surface area contributed by atoms with Crippen LogP contribution in [-0.2, 0) is 9.53 Å². The Hall–Kier alpha value is -0.710. The van der Waals surface area contributed by atoms with E-state index in [0.29, 0.717) is 17.9 Å². The summed E-state index contributed by atoms with van der Waals surface area (Å²) in [6.07, 6.45) is 1.87. The number of thioether (sulfide) groups is 1. The predicted octanol–water partition coefficient (Wildman–Crippen LogP) is 2.68. The van der Waals surface area contributed by atoms with E-state index in [1.165, 1.54) is 7.11 Å². The van der Waals surface area contributed by atoms with Crippen LogP contribution in [0.5, 0.6) is 0 Å². The van der Waals surface area contributed by atoms with Gasteiger partial charge in [-0.05, 0) is 24.7 Å². The lowest BCUT2D eigenvalue weighted by Gasteiger charge is -2.26. The van der Waals surface area contributed by atoms with Crippen LogP contribution in [0.3, 0.4) is 0 Å². The minimum Gasteiger partial charge on any atom is -0.467 e. The van der Waals surface area contributed by atoms with E-state index >= 15 is 0 Å². The molecule has 0 saturated heterocycles. The fourth-order valence-electron chi connectivity index (χ4n) is 2.07. The molecule has 5 heteroatoms. The standard InChI is InChI=1S/C14H26N2O2S/c1-9(2)8-12(13(17)18-5)16-14-15-11(10(3)4)6-7-19-14/h9-12H,6-8H2,1-5H3,(H,15,16). The SMILES string of the molecule is COC(=O)C(CC(C)C)NC1=NC(C(C)C)CCS1. The largest absolute Gasteiger partial charge is 0.467 e. The van der Waals surface area contributed by atoms with Crippen LogP contribution in [0.1, 0.15) is 40.5 Å². The topological polar surface area (TPSA) is 50.7 Å². The zero-order chi connectivity index (χ0) is 14.4. The first kappa shape index (κ1) is 16.3. The first-order chi connectivity index (χ1) is 8.93. The van der Waals surface area contributed by atoms with Crippen molar-refractivity contribution in [1.29, 1.82) is 0 Å². The number of nitrogens with zero attached hydrogens (tertiary/aromatic N) is 1. The van der Waals surface area contributed by atoms with Crippen LogP contribution in [0.15, 0.2) is 4.99 Å². The van der Waals surface area contributed by atoms with Gasteiger partial charge in [-0.25, -0.2) is 4.79 Å². The van der Waals surface area contributed by atoms with Crippen molar-refractivity contribution in [2.24, 2.45) is 16.8 Å². The first-order valence-corrected chi connectivity index (χ1v) is 7.97. The molecule has 4 nitrogen and oxygen atoms in total. The van der Waals surface area contributed by atoms with Crippen molar-refractivity contribution < 1.29 is 9.53 Å². The van der Waals surface area contributed by atoms with Gasteiger partial charge in [-0.3, -0.25) is 4.99 Å². The molecule has 2 unspecified atom stereocenters. The summed E-state index contributed by atoms with van der Waals surface area (Å²) in [7, 11) is 1.43. The van der Waals surface area contributed by atoms with E-state index in [9.17, 15) is 4.79 Å². The van der Waals surface area contributed by atoms with Gasteiger partial charge in [-0.15, -0.1) is 0 Å². The monoisotopic (exact) mass is 286 g/mol. The molecule has 19 heavy (non-hydrogen) atoms. The molecule has 0 aromatic carbocycles. The van der Waals surface area contributed by atoms with Gasteiger partial charge in [0, 0.05) is 5.75 Å². The van der Waals surface area contributed by atoms with E-state index in [0.717, 1.165) is 23.8 Å². The van der Waals surface area contributed by atoms with Crippen LogP contribution < -0.4 is 5.32 Å². The molecular weight excluding hydrogens is 260 g/mol. The fraction of sp³-hybridized carbons (Fsp3) is 0.857. The number of esters is 1. The molecule has 0 aromatic rings. The smallest absolute Gasteiger partial charge is 0.328 e. The van der Waals surface area contributed by atoms with Crippen molar-refractivity contribution in [3.8, 4) is 0 Å². The Morgan fingerprint density at radius 3 is 2.68 bits per heavy atom. The van der Waals surface area contributed by atoms with Gasteiger partial charge in [0.05, 0.1) is 13.2 Å². The summed E-state index contributed by atoms with van der Waals surface area (Å²) in [5, 5.41) is 4.15. The van der Waals surface area contributed by atoms with E-state index in [1.807, 2.05) is 0 Å². The summed E-state index contributed by atoms with van der Waals surface area (Å²) in [6, 6.07) is 0.0725. The molecular formula is C14H26N2O2S. The molecule has 1 rings (SSSR count). The van der Waals surface area contributed by atoms with Crippen LogP contribution in [0.25, 0.3) is 0 Å². The Bertz CT molecular complexity index is 329. The Labute approximate surface area is 120 Å². The zero-order valence-electron chi connectivity index (χ0n) is 12.6. The summed E-state index contributed by atoms with van der Waals surface area (Å²) >= 11 is 1.70. The van der Waals surface area contributed by atoms with E-state index in [-0.39, 0.29) is 12.0 Å². The number of methoxy groups -OCH3 is 1. The van der Waals surface area contributed by atoms with Crippen molar-refractivity contribution in [2.75, 3.05) is 12.9 Å².